The zero-order valence-corrected chi connectivity index (χ0v) is 18.9. The summed E-state index contributed by atoms with van der Waals surface area (Å²) in [6, 6.07) is 14.1. The van der Waals surface area contributed by atoms with Crippen LogP contribution in [-0.2, 0) is 28.7 Å². The Balaban J connectivity index is 1.54. The van der Waals surface area contributed by atoms with Crippen LogP contribution in [0.1, 0.15) is 30.7 Å². The number of carbonyl (C=O) groups is 1. The average Bonchev–Trinajstić information content (AvgIpc) is 2.76. The molecule has 33 heavy (non-hydrogen) atoms. The van der Waals surface area contributed by atoms with Crippen molar-refractivity contribution in [1.82, 2.24) is 9.97 Å². The molecule has 1 aliphatic rings. The lowest BCUT2D eigenvalue weighted by Crippen LogP contribution is -2.33. The lowest BCUT2D eigenvalue weighted by molar-refractivity contribution is -0.137. The Morgan fingerprint density at radius 2 is 1.88 bits per heavy atom. The van der Waals surface area contributed by atoms with Crippen LogP contribution >= 0.6 is 11.8 Å². The summed E-state index contributed by atoms with van der Waals surface area (Å²) >= 11 is 1.22. The number of halogens is 3. The molecule has 2 heterocycles. The first-order valence-corrected chi connectivity index (χ1v) is 11.3. The number of nitrogens with zero attached hydrogens (tertiary/aromatic N) is 2. The van der Waals surface area contributed by atoms with E-state index in [0.717, 1.165) is 29.0 Å². The number of benzene rings is 2. The lowest BCUT2D eigenvalue weighted by Gasteiger charge is -2.32. The Kier molecular flexibility index (Phi) is 6.45. The number of nitrogens with one attached hydrogen (secondary N) is 1. The van der Waals surface area contributed by atoms with E-state index in [9.17, 15) is 18.0 Å². The molecule has 0 radical (unpaired) electrons. The molecule has 5 nitrogen and oxygen atoms in total. The van der Waals surface area contributed by atoms with Gasteiger partial charge in [0.2, 0.25) is 5.91 Å². The fourth-order valence-corrected chi connectivity index (χ4v) is 4.30. The molecule has 4 rings (SSSR count). The van der Waals surface area contributed by atoms with E-state index in [-0.39, 0.29) is 17.0 Å². The molecule has 172 valence electrons. The average molecular weight is 474 g/mol. The van der Waals surface area contributed by atoms with Crippen molar-refractivity contribution in [2.45, 2.75) is 43.7 Å². The molecule has 0 aliphatic carbocycles. The molecule has 0 saturated heterocycles. The number of anilines is 1. The van der Waals surface area contributed by atoms with Gasteiger partial charge in [-0.3, -0.25) is 4.79 Å². The van der Waals surface area contributed by atoms with Gasteiger partial charge in [0.05, 0.1) is 29.2 Å². The molecule has 1 aromatic heterocycles. The largest absolute Gasteiger partial charge is 0.416 e. The Hall–Kier alpha value is -2.91. The summed E-state index contributed by atoms with van der Waals surface area (Å²) in [7, 11) is 0. The maximum absolute atomic E-state index is 12.9. The monoisotopic (exact) mass is 473 g/mol. The van der Waals surface area contributed by atoms with Gasteiger partial charge in [0, 0.05) is 23.2 Å². The van der Waals surface area contributed by atoms with Gasteiger partial charge in [0.25, 0.3) is 0 Å². The Morgan fingerprint density at radius 3 is 2.61 bits per heavy atom. The van der Waals surface area contributed by atoms with E-state index < -0.39 is 17.6 Å². The third-order valence-corrected chi connectivity index (χ3v) is 6.12. The molecule has 1 amide bonds. The molecule has 0 fully saturated rings. The SMILES string of the molecule is CC1(C)Cc2nc(-c3ccccc3)nc(SCC(=O)Nc3cccc(C(F)(F)F)c3)c2CO1. The Labute approximate surface area is 193 Å². The van der Waals surface area contributed by atoms with Crippen molar-refractivity contribution >= 4 is 23.4 Å². The first-order chi connectivity index (χ1) is 15.6. The maximum atomic E-state index is 12.9. The zero-order chi connectivity index (χ0) is 23.6. The summed E-state index contributed by atoms with van der Waals surface area (Å²) in [6.45, 7) is 4.32. The number of carbonyl (C=O) groups excluding carboxylic acids is 1. The minimum absolute atomic E-state index is 0.0165. The number of alkyl halides is 3. The summed E-state index contributed by atoms with van der Waals surface area (Å²) in [4.78, 5) is 21.9. The third kappa shape index (κ3) is 5.72. The number of rotatable bonds is 5. The molecule has 2 aromatic carbocycles. The van der Waals surface area contributed by atoms with Crippen LogP contribution in [0, 0.1) is 0 Å². The second kappa shape index (κ2) is 9.15. The van der Waals surface area contributed by atoms with Crippen LogP contribution in [0.3, 0.4) is 0 Å². The highest BCUT2D eigenvalue weighted by Gasteiger charge is 2.31. The van der Waals surface area contributed by atoms with E-state index >= 15 is 0 Å². The standard InChI is InChI=1S/C24H22F3N3O2S/c1-23(2)12-19-18(13-32-23)22(30-21(29-19)15-7-4-3-5-8-15)33-14-20(31)28-17-10-6-9-16(11-17)24(25,26)27/h3-11H,12-14H2,1-2H3,(H,28,31). The first kappa shape index (κ1) is 23.3. The van der Waals surface area contributed by atoms with Gasteiger partial charge in [-0.05, 0) is 32.0 Å². The van der Waals surface area contributed by atoms with Crippen LogP contribution in [0.4, 0.5) is 18.9 Å². The zero-order valence-electron chi connectivity index (χ0n) is 18.1. The molecule has 9 heteroatoms. The molecule has 0 saturated carbocycles. The van der Waals surface area contributed by atoms with Gasteiger partial charge in [0.15, 0.2) is 5.82 Å². The normalized spacial score (nSPS) is 15.1. The summed E-state index contributed by atoms with van der Waals surface area (Å²) in [5, 5.41) is 3.16. The third-order valence-electron chi connectivity index (χ3n) is 5.10. The van der Waals surface area contributed by atoms with E-state index in [0.29, 0.717) is 23.9 Å². The van der Waals surface area contributed by atoms with Crippen LogP contribution in [0.2, 0.25) is 0 Å². The fraction of sp³-hybridized carbons (Fsp3) is 0.292. The maximum Gasteiger partial charge on any atom is 0.416 e. The van der Waals surface area contributed by atoms with E-state index in [1.54, 1.807) is 0 Å². The number of thioether (sulfide) groups is 1. The van der Waals surface area contributed by atoms with E-state index in [4.69, 9.17) is 9.72 Å². The van der Waals surface area contributed by atoms with Crippen molar-refractivity contribution in [2.24, 2.45) is 0 Å². The van der Waals surface area contributed by atoms with Crippen LogP contribution in [0.15, 0.2) is 59.6 Å². The minimum Gasteiger partial charge on any atom is -0.370 e. The predicted molar refractivity (Wildman–Crippen MR) is 121 cm³/mol. The number of amides is 1. The van der Waals surface area contributed by atoms with Crippen molar-refractivity contribution in [3.05, 3.63) is 71.4 Å². The Morgan fingerprint density at radius 1 is 1.12 bits per heavy atom. The van der Waals surface area contributed by atoms with Gasteiger partial charge >= 0.3 is 6.18 Å². The highest BCUT2D eigenvalue weighted by molar-refractivity contribution is 8.00. The molecule has 0 atom stereocenters. The number of hydrogen-bond donors (Lipinski definition) is 1. The van der Waals surface area contributed by atoms with Crippen LogP contribution in [0.5, 0.6) is 0 Å². The second-order valence-corrected chi connectivity index (χ2v) is 9.25. The van der Waals surface area contributed by atoms with Gasteiger partial charge in [0.1, 0.15) is 5.03 Å². The van der Waals surface area contributed by atoms with Crippen molar-refractivity contribution in [3.63, 3.8) is 0 Å². The molecule has 0 unspecified atom stereocenters. The molecular weight excluding hydrogens is 451 g/mol. The molecule has 0 spiro atoms. The topological polar surface area (TPSA) is 64.1 Å². The fourth-order valence-electron chi connectivity index (χ4n) is 3.46. The van der Waals surface area contributed by atoms with E-state index in [1.807, 2.05) is 44.2 Å². The highest BCUT2D eigenvalue weighted by Crippen LogP contribution is 2.34. The van der Waals surface area contributed by atoms with Crippen molar-refractivity contribution in [1.29, 1.82) is 0 Å². The van der Waals surface area contributed by atoms with Gasteiger partial charge in [-0.15, -0.1) is 0 Å². The minimum atomic E-state index is -4.48. The second-order valence-electron chi connectivity index (χ2n) is 8.28. The first-order valence-electron chi connectivity index (χ1n) is 10.3. The van der Waals surface area contributed by atoms with E-state index in [2.05, 4.69) is 10.3 Å². The van der Waals surface area contributed by atoms with Crippen molar-refractivity contribution < 1.29 is 22.7 Å². The molecule has 1 N–H and O–H groups in total. The van der Waals surface area contributed by atoms with Gasteiger partial charge < -0.3 is 10.1 Å². The lowest BCUT2D eigenvalue weighted by atomic mass is 9.96. The summed E-state index contributed by atoms with van der Waals surface area (Å²) in [5.41, 5.74) is 1.49. The molecule has 1 aliphatic heterocycles. The summed E-state index contributed by atoms with van der Waals surface area (Å²) in [5.74, 6) is 0.120. The van der Waals surface area contributed by atoms with Crippen LogP contribution in [-0.4, -0.2) is 27.2 Å². The van der Waals surface area contributed by atoms with Gasteiger partial charge in [-0.1, -0.05) is 48.2 Å². The van der Waals surface area contributed by atoms with Gasteiger partial charge in [-0.25, -0.2) is 9.97 Å². The molecule has 3 aromatic rings. The molecule has 0 bridgehead atoms. The summed E-state index contributed by atoms with van der Waals surface area (Å²) in [6.07, 6.45) is -3.87. The number of ether oxygens (including phenoxy) is 1. The van der Waals surface area contributed by atoms with E-state index in [1.165, 1.54) is 23.9 Å². The predicted octanol–water partition coefficient (Wildman–Crippen LogP) is 5.74. The summed E-state index contributed by atoms with van der Waals surface area (Å²) < 4.78 is 44.7. The highest BCUT2D eigenvalue weighted by atomic mass is 32.2. The molecular formula is C24H22F3N3O2S. The van der Waals surface area contributed by atoms with Crippen LogP contribution in [0.25, 0.3) is 11.4 Å². The Bertz CT molecular complexity index is 1170. The van der Waals surface area contributed by atoms with Crippen molar-refractivity contribution in [2.75, 3.05) is 11.1 Å². The number of aromatic nitrogens is 2. The van der Waals surface area contributed by atoms with Crippen molar-refractivity contribution in [3.8, 4) is 11.4 Å². The quantitative estimate of drug-likeness (QED) is 0.378. The number of hydrogen-bond acceptors (Lipinski definition) is 5. The van der Waals surface area contributed by atoms with Crippen LogP contribution < -0.4 is 5.32 Å². The number of fused-ring (bicyclic) bond motifs is 1. The van der Waals surface area contributed by atoms with Gasteiger partial charge in [-0.2, -0.15) is 13.2 Å². The smallest absolute Gasteiger partial charge is 0.370 e.